The van der Waals surface area contributed by atoms with Gasteiger partial charge in [0, 0.05) is 30.8 Å². The number of oxazole rings is 1. The van der Waals surface area contributed by atoms with Gasteiger partial charge in [0.1, 0.15) is 6.04 Å². The Balaban J connectivity index is 1.44. The van der Waals surface area contributed by atoms with E-state index in [0.29, 0.717) is 24.8 Å². The third-order valence-corrected chi connectivity index (χ3v) is 5.86. The maximum atomic E-state index is 13.4. The van der Waals surface area contributed by atoms with Crippen LogP contribution in [0.2, 0.25) is 0 Å². The standard InChI is InChI=1S/C21H20N6O2/c1-12-3-2-7-27-16(12)9-15(25-27)19-18-14(23-11-24-18)6-8-26(19)21(28)17-10-22-20(29-17)13-4-5-13/h2-3,7,9-11,13,19H,4-6,8H2,1H3,(H,23,24). The van der Waals surface area contributed by atoms with Crippen LogP contribution in [0.4, 0.5) is 0 Å². The first kappa shape index (κ1) is 16.5. The molecule has 2 aliphatic rings. The molecule has 1 aliphatic heterocycles. The highest BCUT2D eigenvalue weighted by Crippen LogP contribution is 2.40. The van der Waals surface area contributed by atoms with Gasteiger partial charge in [-0.25, -0.2) is 14.5 Å². The molecular weight excluding hydrogens is 368 g/mol. The number of pyridine rings is 1. The maximum absolute atomic E-state index is 13.4. The number of nitrogens with zero attached hydrogens (tertiary/aromatic N) is 5. The molecule has 5 heterocycles. The minimum absolute atomic E-state index is 0.170. The molecule has 0 spiro atoms. The third-order valence-electron chi connectivity index (χ3n) is 5.86. The van der Waals surface area contributed by atoms with E-state index in [2.05, 4.69) is 27.9 Å². The van der Waals surface area contributed by atoms with Crippen molar-refractivity contribution in [1.82, 2.24) is 29.5 Å². The second-order valence-electron chi connectivity index (χ2n) is 7.84. The summed E-state index contributed by atoms with van der Waals surface area (Å²) in [6, 6.07) is 5.70. The first-order valence-corrected chi connectivity index (χ1v) is 9.93. The molecule has 4 aromatic rings. The van der Waals surface area contributed by atoms with Crippen molar-refractivity contribution in [3.05, 3.63) is 71.2 Å². The van der Waals surface area contributed by atoms with Crippen molar-refractivity contribution >= 4 is 11.4 Å². The molecule has 1 fully saturated rings. The Morgan fingerprint density at radius 2 is 2.21 bits per heavy atom. The summed E-state index contributed by atoms with van der Waals surface area (Å²) >= 11 is 0. The van der Waals surface area contributed by atoms with E-state index in [0.717, 1.165) is 41.0 Å². The molecule has 6 rings (SSSR count). The average molecular weight is 388 g/mol. The Kier molecular flexibility index (Phi) is 3.44. The van der Waals surface area contributed by atoms with Gasteiger partial charge < -0.3 is 14.3 Å². The van der Waals surface area contributed by atoms with E-state index in [1.165, 1.54) is 0 Å². The highest BCUT2D eigenvalue weighted by Gasteiger charge is 2.38. The first-order chi connectivity index (χ1) is 14.2. The number of aromatic amines is 1. The molecule has 1 aliphatic carbocycles. The number of amides is 1. The molecular formula is C21H20N6O2. The normalized spacial score (nSPS) is 18.9. The van der Waals surface area contributed by atoms with E-state index in [4.69, 9.17) is 9.52 Å². The number of aromatic nitrogens is 5. The van der Waals surface area contributed by atoms with Crippen molar-refractivity contribution in [1.29, 1.82) is 0 Å². The van der Waals surface area contributed by atoms with Crippen LogP contribution in [0.25, 0.3) is 5.52 Å². The number of carbonyl (C=O) groups excluding carboxylic acids is 1. The van der Waals surface area contributed by atoms with Crippen molar-refractivity contribution in [2.24, 2.45) is 0 Å². The van der Waals surface area contributed by atoms with Crippen LogP contribution in [-0.2, 0) is 6.42 Å². The van der Waals surface area contributed by atoms with Crippen molar-refractivity contribution in [2.45, 2.75) is 38.1 Å². The van der Waals surface area contributed by atoms with Crippen LogP contribution in [0, 0.1) is 6.92 Å². The number of fused-ring (bicyclic) bond motifs is 2. The van der Waals surface area contributed by atoms with Gasteiger partial charge in [0.2, 0.25) is 5.76 Å². The summed E-state index contributed by atoms with van der Waals surface area (Å²) in [6.07, 6.45) is 8.04. The van der Waals surface area contributed by atoms with Crippen molar-refractivity contribution in [3.8, 4) is 0 Å². The molecule has 0 radical (unpaired) electrons. The molecule has 1 amide bonds. The fourth-order valence-corrected chi connectivity index (χ4v) is 4.15. The van der Waals surface area contributed by atoms with Gasteiger partial charge >= 0.3 is 0 Å². The molecule has 0 bridgehead atoms. The minimum atomic E-state index is -0.369. The highest BCUT2D eigenvalue weighted by atomic mass is 16.4. The fraction of sp³-hybridized carbons (Fsp3) is 0.333. The zero-order valence-corrected chi connectivity index (χ0v) is 16.0. The lowest BCUT2D eigenvalue weighted by Crippen LogP contribution is -2.40. The lowest BCUT2D eigenvalue weighted by molar-refractivity contribution is 0.0652. The monoisotopic (exact) mass is 388 g/mol. The molecule has 4 aromatic heterocycles. The van der Waals surface area contributed by atoms with Crippen LogP contribution < -0.4 is 0 Å². The van der Waals surface area contributed by atoms with Crippen LogP contribution in [0.1, 0.15) is 63.9 Å². The molecule has 0 saturated heterocycles. The van der Waals surface area contributed by atoms with E-state index in [1.54, 1.807) is 17.4 Å². The third kappa shape index (κ3) is 2.59. The number of nitrogens with one attached hydrogen (secondary N) is 1. The molecule has 1 N–H and O–H groups in total. The second kappa shape index (κ2) is 6.04. The van der Waals surface area contributed by atoms with E-state index in [1.807, 2.05) is 22.8 Å². The van der Waals surface area contributed by atoms with Gasteiger partial charge in [-0.3, -0.25) is 4.79 Å². The molecule has 1 saturated carbocycles. The van der Waals surface area contributed by atoms with E-state index in [9.17, 15) is 4.79 Å². The molecule has 0 aromatic carbocycles. The Hall–Kier alpha value is -3.42. The molecule has 146 valence electrons. The minimum Gasteiger partial charge on any atom is -0.435 e. The SMILES string of the molecule is Cc1cccn2nc(C3c4nc[nH]c4CCN3C(=O)c3cnc(C4CC4)o3)cc12. The quantitative estimate of drug-likeness (QED) is 0.582. The fourth-order valence-electron chi connectivity index (χ4n) is 4.15. The Morgan fingerprint density at radius 3 is 3.03 bits per heavy atom. The Morgan fingerprint density at radius 1 is 1.31 bits per heavy atom. The summed E-state index contributed by atoms with van der Waals surface area (Å²) in [4.78, 5) is 27.2. The Bertz CT molecular complexity index is 1230. The van der Waals surface area contributed by atoms with Crippen molar-refractivity contribution in [2.75, 3.05) is 6.54 Å². The highest BCUT2D eigenvalue weighted by molar-refractivity contribution is 5.92. The van der Waals surface area contributed by atoms with E-state index in [-0.39, 0.29) is 17.7 Å². The number of hydrogen-bond donors (Lipinski definition) is 1. The second-order valence-corrected chi connectivity index (χ2v) is 7.84. The molecule has 1 atom stereocenters. The van der Waals surface area contributed by atoms with Gasteiger partial charge in [0.25, 0.3) is 5.91 Å². The molecule has 8 nitrogen and oxygen atoms in total. The summed E-state index contributed by atoms with van der Waals surface area (Å²) in [7, 11) is 0. The molecule has 29 heavy (non-hydrogen) atoms. The van der Waals surface area contributed by atoms with E-state index < -0.39 is 0 Å². The summed E-state index contributed by atoms with van der Waals surface area (Å²) in [5, 5.41) is 4.77. The van der Waals surface area contributed by atoms with Crippen LogP contribution in [0.3, 0.4) is 0 Å². The number of hydrogen-bond acceptors (Lipinski definition) is 5. The van der Waals surface area contributed by atoms with Crippen molar-refractivity contribution < 1.29 is 9.21 Å². The Labute approximate surface area is 166 Å². The smallest absolute Gasteiger partial charge is 0.292 e. The van der Waals surface area contributed by atoms with Crippen LogP contribution in [0.15, 0.2) is 41.3 Å². The zero-order valence-electron chi connectivity index (χ0n) is 16.0. The maximum Gasteiger partial charge on any atom is 0.292 e. The van der Waals surface area contributed by atoms with Gasteiger partial charge in [-0.1, -0.05) is 6.07 Å². The summed E-state index contributed by atoms with van der Waals surface area (Å²) in [6.45, 7) is 2.61. The largest absolute Gasteiger partial charge is 0.435 e. The summed E-state index contributed by atoms with van der Waals surface area (Å²) in [5.41, 5.74) is 4.83. The number of imidazole rings is 1. The predicted octanol–water partition coefficient (Wildman–Crippen LogP) is 3.02. The van der Waals surface area contributed by atoms with Crippen LogP contribution in [-0.4, -0.2) is 41.9 Å². The predicted molar refractivity (Wildman–Crippen MR) is 104 cm³/mol. The average Bonchev–Trinajstić information content (AvgIpc) is 3.13. The van der Waals surface area contributed by atoms with Gasteiger partial charge in [-0.2, -0.15) is 5.10 Å². The first-order valence-electron chi connectivity index (χ1n) is 9.93. The zero-order chi connectivity index (χ0) is 19.5. The van der Waals surface area contributed by atoms with Gasteiger partial charge in [-0.15, -0.1) is 0 Å². The van der Waals surface area contributed by atoms with E-state index >= 15 is 0 Å². The number of H-pyrrole nitrogens is 1. The van der Waals surface area contributed by atoms with Crippen molar-refractivity contribution in [3.63, 3.8) is 0 Å². The summed E-state index contributed by atoms with van der Waals surface area (Å²) < 4.78 is 7.65. The van der Waals surface area contributed by atoms with Crippen LogP contribution >= 0.6 is 0 Å². The summed E-state index contributed by atoms with van der Waals surface area (Å²) in [5.74, 6) is 1.16. The topological polar surface area (TPSA) is 92.3 Å². The number of aryl methyl sites for hydroxylation is 1. The van der Waals surface area contributed by atoms with Gasteiger partial charge in [0.05, 0.1) is 29.4 Å². The van der Waals surface area contributed by atoms with Crippen LogP contribution in [0.5, 0.6) is 0 Å². The lowest BCUT2D eigenvalue weighted by atomic mass is 9.99. The molecule has 1 unspecified atom stereocenters. The number of carbonyl (C=O) groups is 1. The van der Waals surface area contributed by atoms with Gasteiger partial charge in [0.15, 0.2) is 5.89 Å². The molecule has 8 heteroatoms. The number of rotatable bonds is 3. The lowest BCUT2D eigenvalue weighted by Gasteiger charge is -2.33. The van der Waals surface area contributed by atoms with Gasteiger partial charge in [-0.05, 0) is 37.5 Å².